The summed E-state index contributed by atoms with van der Waals surface area (Å²) in [5.74, 6) is 0. The Balaban J connectivity index is 0. The van der Waals surface area contributed by atoms with E-state index in [1.54, 1.807) is 0 Å². The maximum atomic E-state index is 5.00. The molecule has 0 saturated carbocycles. The standard InChI is InChI=1S/C10H21.Cu.Li.H/c1-3-5-7-9-10-8-6-4-2;;;/h1,3-10H2,2H3;;;. The van der Waals surface area contributed by atoms with E-state index in [4.69, 9.17) is 16.0 Å². The molecule has 0 aliphatic carbocycles. The Morgan fingerprint density at radius 1 is 0.750 bits per heavy atom. The second-order valence-corrected chi connectivity index (χ2v) is 3.60. The van der Waals surface area contributed by atoms with Gasteiger partial charge in [0.15, 0.2) is 0 Å². The molecule has 2 heteroatoms. The Labute approximate surface area is 98.3 Å². The molecule has 0 rings (SSSR count). The molecule has 0 nitrogen and oxygen atoms in total. The molecule has 0 aliphatic heterocycles. The first-order valence-electron chi connectivity index (χ1n) is 4.92. The van der Waals surface area contributed by atoms with Crippen LogP contribution in [-0.4, -0.2) is 18.9 Å². The molecule has 0 spiro atoms. The Morgan fingerprint density at radius 2 is 1.17 bits per heavy atom. The summed E-state index contributed by atoms with van der Waals surface area (Å²) in [5.41, 5.74) is 0. The summed E-state index contributed by atoms with van der Waals surface area (Å²) in [5, 5.41) is 0.932. The van der Waals surface area contributed by atoms with E-state index in [0.717, 1.165) is 5.32 Å². The van der Waals surface area contributed by atoms with Crippen molar-refractivity contribution in [1.82, 2.24) is 0 Å². The van der Waals surface area contributed by atoms with Crippen molar-refractivity contribution in [3.8, 4) is 0 Å². The van der Waals surface area contributed by atoms with Crippen LogP contribution in [-0.2, 0) is 16.0 Å². The Hall–Kier alpha value is 1.12. The Morgan fingerprint density at radius 3 is 1.58 bits per heavy atom. The van der Waals surface area contributed by atoms with Crippen molar-refractivity contribution in [2.45, 2.75) is 63.6 Å². The van der Waals surface area contributed by atoms with Crippen LogP contribution in [0.25, 0.3) is 0 Å². The predicted molar refractivity (Wildman–Crippen MR) is 54.6 cm³/mol. The predicted octanol–water partition coefficient (Wildman–Crippen LogP) is 3.44. The molecule has 12 heavy (non-hydrogen) atoms. The molecule has 0 aromatic heterocycles. The molecule has 0 saturated heterocycles. The zero-order valence-corrected chi connectivity index (χ0v) is 8.61. The number of unbranched alkanes of at least 4 members (excludes halogenated alkanes) is 7. The van der Waals surface area contributed by atoms with Crippen LogP contribution in [0.15, 0.2) is 0 Å². The molecular weight excluding hydrogens is 191 g/mol. The van der Waals surface area contributed by atoms with E-state index in [2.05, 4.69) is 6.92 Å². The second-order valence-electron chi connectivity index (χ2n) is 3.13. The van der Waals surface area contributed by atoms with Crippen LogP contribution in [0.5, 0.6) is 0 Å². The van der Waals surface area contributed by atoms with Crippen molar-refractivity contribution in [2.24, 2.45) is 0 Å². The summed E-state index contributed by atoms with van der Waals surface area (Å²) in [4.78, 5) is 0. The topological polar surface area (TPSA) is 0 Å². The van der Waals surface area contributed by atoms with Crippen LogP contribution in [0.3, 0.4) is 0 Å². The van der Waals surface area contributed by atoms with Gasteiger partial charge in [-0.25, -0.2) is 0 Å². The third-order valence-electron chi connectivity index (χ3n) is 1.96. The summed E-state index contributed by atoms with van der Waals surface area (Å²) in [7, 11) is 0. The van der Waals surface area contributed by atoms with Crippen LogP contribution in [0.4, 0.5) is 0 Å². The van der Waals surface area contributed by atoms with E-state index in [-0.39, 0.29) is 18.9 Å². The normalized spacial score (nSPS) is 9.58. The van der Waals surface area contributed by atoms with Crippen LogP contribution in [0.1, 0.15) is 58.3 Å². The van der Waals surface area contributed by atoms with E-state index in [9.17, 15) is 0 Å². The van der Waals surface area contributed by atoms with E-state index >= 15 is 0 Å². The van der Waals surface area contributed by atoms with Crippen LogP contribution < -0.4 is 0 Å². The quantitative estimate of drug-likeness (QED) is 0.427. The summed E-state index contributed by atoms with van der Waals surface area (Å²) in [6, 6.07) is 0. The van der Waals surface area contributed by atoms with Crippen LogP contribution in [0, 0.1) is 0 Å². The van der Waals surface area contributed by atoms with Crippen molar-refractivity contribution < 1.29 is 16.0 Å². The molecule has 74 valence electrons. The summed E-state index contributed by atoms with van der Waals surface area (Å²) in [6.07, 6.45) is 11.1. The van der Waals surface area contributed by atoms with Gasteiger partial charge in [-0.05, 0) is 0 Å². The molecule has 0 amide bonds. The van der Waals surface area contributed by atoms with E-state index in [1.165, 1.54) is 51.4 Å². The van der Waals surface area contributed by atoms with E-state index in [1.807, 2.05) is 0 Å². The SMILES string of the molecule is CCCCCCCCC[CH2][Cu].[LiH]. The van der Waals surface area contributed by atoms with Gasteiger partial charge in [0.1, 0.15) is 0 Å². The Bertz CT molecular complexity index is 58.9. The number of hydrogen-bond acceptors (Lipinski definition) is 0. The molecule has 0 aromatic carbocycles. The first-order chi connectivity index (χ1) is 5.41. The molecule has 0 atom stereocenters. The van der Waals surface area contributed by atoms with E-state index in [0.29, 0.717) is 0 Å². The molecule has 0 bridgehead atoms. The van der Waals surface area contributed by atoms with Crippen molar-refractivity contribution in [3.63, 3.8) is 0 Å². The van der Waals surface area contributed by atoms with Gasteiger partial charge in [0.2, 0.25) is 0 Å². The van der Waals surface area contributed by atoms with Crippen LogP contribution >= 0.6 is 0 Å². The molecule has 0 heterocycles. The third-order valence-corrected chi connectivity index (χ3v) is 2.29. The van der Waals surface area contributed by atoms with Gasteiger partial charge >= 0.3 is 98.5 Å². The molecule has 0 aliphatic rings. The molecular formula is C10H22CuLi. The van der Waals surface area contributed by atoms with Gasteiger partial charge in [0, 0.05) is 0 Å². The van der Waals surface area contributed by atoms with Gasteiger partial charge in [0.25, 0.3) is 0 Å². The van der Waals surface area contributed by atoms with Gasteiger partial charge in [-0.15, -0.1) is 0 Å². The van der Waals surface area contributed by atoms with Gasteiger partial charge in [0.05, 0.1) is 0 Å². The minimum absolute atomic E-state index is 0. The summed E-state index contributed by atoms with van der Waals surface area (Å²) < 4.78 is 0. The van der Waals surface area contributed by atoms with Gasteiger partial charge < -0.3 is 0 Å². The third kappa shape index (κ3) is 13.7. The fraction of sp³-hybridized carbons (Fsp3) is 1.00. The molecule has 0 fully saturated rings. The molecule has 0 aromatic rings. The minimum atomic E-state index is 0. The molecule has 0 unspecified atom stereocenters. The maximum absolute atomic E-state index is 5.00. The first kappa shape index (κ1) is 15.6. The van der Waals surface area contributed by atoms with Crippen molar-refractivity contribution in [2.75, 3.05) is 0 Å². The molecule has 0 radical (unpaired) electrons. The summed E-state index contributed by atoms with van der Waals surface area (Å²) >= 11 is 5.00. The average Bonchev–Trinajstić information content (AvgIpc) is 2.03. The number of hydrogen-bond donors (Lipinski definition) is 0. The monoisotopic (exact) mass is 212 g/mol. The fourth-order valence-corrected chi connectivity index (χ4v) is 1.44. The zero-order chi connectivity index (χ0) is 8.36. The van der Waals surface area contributed by atoms with Crippen molar-refractivity contribution in [3.05, 3.63) is 0 Å². The Kier molecular flexibility index (Phi) is 19.0. The fourth-order valence-electron chi connectivity index (χ4n) is 1.21. The van der Waals surface area contributed by atoms with Gasteiger partial charge in [-0.1, -0.05) is 0 Å². The van der Waals surface area contributed by atoms with Crippen LogP contribution in [0.2, 0.25) is 5.32 Å². The van der Waals surface area contributed by atoms with E-state index < -0.39 is 0 Å². The molecule has 0 N–H and O–H groups in total. The second kappa shape index (κ2) is 14.6. The first-order valence-corrected chi connectivity index (χ1v) is 5.59. The number of rotatable bonds is 8. The van der Waals surface area contributed by atoms with Gasteiger partial charge in [-0.2, -0.15) is 0 Å². The summed E-state index contributed by atoms with van der Waals surface area (Å²) in [6.45, 7) is 2.26. The zero-order valence-electron chi connectivity index (χ0n) is 7.67. The van der Waals surface area contributed by atoms with Gasteiger partial charge in [-0.3, -0.25) is 0 Å². The average molecular weight is 213 g/mol. The van der Waals surface area contributed by atoms with Crippen molar-refractivity contribution >= 4 is 18.9 Å². The van der Waals surface area contributed by atoms with Crippen molar-refractivity contribution in [1.29, 1.82) is 0 Å².